The fourth-order valence-corrected chi connectivity index (χ4v) is 2.26. The van der Waals surface area contributed by atoms with Crippen molar-refractivity contribution in [2.24, 2.45) is 0 Å². The van der Waals surface area contributed by atoms with Crippen LogP contribution >= 0.6 is 11.6 Å². The lowest BCUT2D eigenvalue weighted by Gasteiger charge is -2.18. The van der Waals surface area contributed by atoms with E-state index in [2.05, 4.69) is 0 Å². The Morgan fingerprint density at radius 1 is 1.05 bits per heavy atom. The van der Waals surface area contributed by atoms with E-state index in [-0.39, 0.29) is 22.6 Å². The van der Waals surface area contributed by atoms with Crippen molar-refractivity contribution in [3.8, 4) is 0 Å². The first-order valence-corrected chi connectivity index (χ1v) is 6.45. The second kappa shape index (κ2) is 6.03. The zero-order valence-corrected chi connectivity index (χ0v) is 11.4. The summed E-state index contributed by atoms with van der Waals surface area (Å²) in [5.74, 6) is -0.734. The van der Waals surface area contributed by atoms with Crippen LogP contribution in [0.3, 0.4) is 0 Å². The third-order valence-electron chi connectivity index (χ3n) is 3.07. The van der Waals surface area contributed by atoms with E-state index in [1.165, 1.54) is 36.4 Å². The van der Waals surface area contributed by atoms with Crippen molar-refractivity contribution in [1.82, 2.24) is 0 Å². The molecule has 0 aromatic heterocycles. The molecule has 112 valence electrons. The molecule has 0 bridgehead atoms. The van der Waals surface area contributed by atoms with Gasteiger partial charge in [0.05, 0.1) is 16.7 Å². The van der Waals surface area contributed by atoms with Gasteiger partial charge < -0.3 is 5.11 Å². The van der Waals surface area contributed by atoms with Crippen LogP contribution in [-0.2, 0) is 12.6 Å². The summed E-state index contributed by atoms with van der Waals surface area (Å²) in [7, 11) is 0. The summed E-state index contributed by atoms with van der Waals surface area (Å²) in [4.78, 5) is 0. The minimum absolute atomic E-state index is 0.0620. The molecular formula is C15H11ClF4O. The minimum atomic E-state index is -4.58. The standard InChI is InChI=1S/C15H11ClF4O/c16-12-7-3-4-9(14(12)17)8-13(21)10-5-1-2-6-11(10)15(18,19)20/h1-7,13,21H,8H2. The number of rotatable bonds is 3. The third-order valence-corrected chi connectivity index (χ3v) is 3.36. The maximum absolute atomic E-state index is 13.7. The van der Waals surface area contributed by atoms with Crippen molar-refractivity contribution in [3.63, 3.8) is 0 Å². The predicted octanol–water partition coefficient (Wildman–Crippen LogP) is 4.77. The smallest absolute Gasteiger partial charge is 0.388 e. The van der Waals surface area contributed by atoms with Gasteiger partial charge in [0.2, 0.25) is 0 Å². The van der Waals surface area contributed by atoms with E-state index in [1.54, 1.807) is 0 Å². The highest BCUT2D eigenvalue weighted by Gasteiger charge is 2.34. The Labute approximate surface area is 123 Å². The SMILES string of the molecule is OC(Cc1cccc(Cl)c1F)c1ccccc1C(F)(F)F. The highest BCUT2D eigenvalue weighted by molar-refractivity contribution is 6.30. The van der Waals surface area contributed by atoms with Gasteiger partial charge in [-0.25, -0.2) is 4.39 Å². The molecule has 0 saturated carbocycles. The third kappa shape index (κ3) is 3.54. The van der Waals surface area contributed by atoms with Crippen molar-refractivity contribution in [2.45, 2.75) is 18.7 Å². The maximum Gasteiger partial charge on any atom is 0.416 e. The van der Waals surface area contributed by atoms with Crippen molar-refractivity contribution in [2.75, 3.05) is 0 Å². The molecule has 0 amide bonds. The molecule has 21 heavy (non-hydrogen) atoms. The first-order chi connectivity index (χ1) is 9.80. The molecule has 2 rings (SSSR count). The fraction of sp³-hybridized carbons (Fsp3) is 0.200. The van der Waals surface area contributed by atoms with Crippen LogP contribution in [-0.4, -0.2) is 5.11 Å². The lowest BCUT2D eigenvalue weighted by Crippen LogP contribution is -2.13. The van der Waals surface area contributed by atoms with Gasteiger partial charge in [-0.1, -0.05) is 41.9 Å². The molecule has 0 aliphatic carbocycles. The van der Waals surface area contributed by atoms with Crippen molar-refractivity contribution >= 4 is 11.6 Å². The summed E-state index contributed by atoms with van der Waals surface area (Å²) < 4.78 is 52.4. The van der Waals surface area contributed by atoms with E-state index < -0.39 is 23.7 Å². The monoisotopic (exact) mass is 318 g/mol. The normalized spacial score (nSPS) is 13.2. The molecule has 0 heterocycles. The lowest BCUT2D eigenvalue weighted by atomic mass is 9.96. The first kappa shape index (κ1) is 15.8. The number of hydrogen-bond acceptors (Lipinski definition) is 1. The average molecular weight is 319 g/mol. The Morgan fingerprint density at radius 2 is 1.71 bits per heavy atom. The summed E-state index contributed by atoms with van der Waals surface area (Å²) in [5.41, 5.74) is -1.16. The van der Waals surface area contributed by atoms with E-state index in [0.29, 0.717) is 0 Å². The zero-order valence-electron chi connectivity index (χ0n) is 10.7. The van der Waals surface area contributed by atoms with Crippen LogP contribution in [0.25, 0.3) is 0 Å². The number of benzene rings is 2. The average Bonchev–Trinajstić information content (AvgIpc) is 2.43. The topological polar surface area (TPSA) is 20.2 Å². The summed E-state index contributed by atoms with van der Waals surface area (Å²) in [6, 6.07) is 8.87. The highest BCUT2D eigenvalue weighted by Crippen LogP contribution is 2.35. The Hall–Kier alpha value is -1.59. The van der Waals surface area contributed by atoms with Gasteiger partial charge in [0.15, 0.2) is 0 Å². The Balaban J connectivity index is 2.33. The Kier molecular flexibility index (Phi) is 4.54. The molecule has 1 unspecified atom stereocenters. The number of aliphatic hydroxyl groups excluding tert-OH is 1. The van der Waals surface area contributed by atoms with Crippen molar-refractivity contribution < 1.29 is 22.7 Å². The summed E-state index contributed by atoms with van der Waals surface area (Å²) in [6.45, 7) is 0. The van der Waals surface area contributed by atoms with Crippen LogP contribution < -0.4 is 0 Å². The van der Waals surface area contributed by atoms with Crippen LogP contribution in [0.5, 0.6) is 0 Å². The Morgan fingerprint density at radius 3 is 2.38 bits per heavy atom. The molecule has 0 aliphatic rings. The number of alkyl halides is 3. The van der Waals surface area contributed by atoms with Gasteiger partial charge in [-0.3, -0.25) is 0 Å². The molecule has 0 fully saturated rings. The summed E-state index contributed by atoms with van der Waals surface area (Å²) in [6.07, 6.45) is -6.35. The molecule has 0 saturated heterocycles. The van der Waals surface area contributed by atoms with Crippen molar-refractivity contribution in [3.05, 3.63) is 70.0 Å². The molecular weight excluding hydrogens is 308 g/mol. The van der Waals surface area contributed by atoms with Gasteiger partial charge in [0.1, 0.15) is 5.82 Å². The second-order valence-electron chi connectivity index (χ2n) is 4.52. The minimum Gasteiger partial charge on any atom is -0.388 e. The molecule has 6 heteroatoms. The van der Waals surface area contributed by atoms with E-state index in [0.717, 1.165) is 6.07 Å². The lowest BCUT2D eigenvalue weighted by molar-refractivity contribution is -0.139. The van der Waals surface area contributed by atoms with E-state index in [9.17, 15) is 22.7 Å². The van der Waals surface area contributed by atoms with Gasteiger partial charge in [-0.2, -0.15) is 13.2 Å². The largest absolute Gasteiger partial charge is 0.416 e. The molecule has 0 radical (unpaired) electrons. The van der Waals surface area contributed by atoms with Crippen LogP contribution in [0.2, 0.25) is 5.02 Å². The summed E-state index contributed by atoms with van der Waals surface area (Å²) in [5, 5.41) is 9.89. The molecule has 2 aromatic carbocycles. The van der Waals surface area contributed by atoms with Gasteiger partial charge >= 0.3 is 6.18 Å². The second-order valence-corrected chi connectivity index (χ2v) is 4.93. The highest BCUT2D eigenvalue weighted by atomic mass is 35.5. The van der Waals surface area contributed by atoms with E-state index in [1.807, 2.05) is 0 Å². The number of hydrogen-bond donors (Lipinski definition) is 1. The number of halogens is 5. The quantitative estimate of drug-likeness (QED) is 0.808. The molecule has 1 N–H and O–H groups in total. The molecule has 2 aromatic rings. The van der Waals surface area contributed by atoms with Crippen LogP contribution in [0.4, 0.5) is 17.6 Å². The molecule has 0 spiro atoms. The van der Waals surface area contributed by atoms with Gasteiger partial charge in [-0.05, 0) is 23.3 Å². The Bertz CT molecular complexity index is 640. The molecule has 0 aliphatic heterocycles. The molecule has 1 atom stereocenters. The molecule has 1 nitrogen and oxygen atoms in total. The fourth-order valence-electron chi connectivity index (χ4n) is 2.07. The van der Waals surface area contributed by atoms with Crippen molar-refractivity contribution in [1.29, 1.82) is 0 Å². The van der Waals surface area contributed by atoms with Gasteiger partial charge in [0, 0.05) is 6.42 Å². The number of aliphatic hydroxyl groups is 1. The predicted molar refractivity (Wildman–Crippen MR) is 71.5 cm³/mol. The summed E-state index contributed by atoms with van der Waals surface area (Å²) >= 11 is 5.61. The maximum atomic E-state index is 13.7. The van der Waals surface area contributed by atoms with Gasteiger partial charge in [0.25, 0.3) is 0 Å². The van der Waals surface area contributed by atoms with E-state index in [4.69, 9.17) is 11.6 Å². The zero-order chi connectivity index (χ0) is 15.6. The van der Waals surface area contributed by atoms with Gasteiger partial charge in [-0.15, -0.1) is 0 Å². The first-order valence-electron chi connectivity index (χ1n) is 6.07. The van der Waals surface area contributed by atoms with Crippen LogP contribution in [0.1, 0.15) is 22.8 Å². The van der Waals surface area contributed by atoms with Crippen LogP contribution in [0, 0.1) is 5.82 Å². The van der Waals surface area contributed by atoms with E-state index >= 15 is 0 Å². The van der Waals surface area contributed by atoms with Crippen LogP contribution in [0.15, 0.2) is 42.5 Å².